The highest BCUT2D eigenvalue weighted by Gasteiger charge is 2.24. The van der Waals surface area contributed by atoms with Gasteiger partial charge < -0.3 is 5.32 Å². The minimum absolute atomic E-state index is 0.0408. The number of halogens is 1. The fourth-order valence-electron chi connectivity index (χ4n) is 2.56. The largest absolute Gasteiger partial charge is 0.310 e. The van der Waals surface area contributed by atoms with Gasteiger partial charge in [0.1, 0.15) is 0 Å². The van der Waals surface area contributed by atoms with E-state index in [-0.39, 0.29) is 5.69 Å². The number of hydrogen-bond donors (Lipinski definition) is 1. The predicted molar refractivity (Wildman–Crippen MR) is 84.5 cm³/mol. The van der Waals surface area contributed by atoms with Gasteiger partial charge in [-0.3, -0.25) is 10.1 Å². The zero-order valence-electron chi connectivity index (χ0n) is 11.5. The maximum absolute atomic E-state index is 10.7. The van der Waals surface area contributed by atoms with Crippen LogP contribution in [0.5, 0.6) is 0 Å². The SMILES string of the molecule is CCSC1CCC(NCc2ccc([N+](=O)[O-])cc2Cl)C1. The maximum Gasteiger partial charge on any atom is 0.270 e. The molecule has 1 N–H and O–H groups in total. The van der Waals surface area contributed by atoms with Crippen LogP contribution in [-0.4, -0.2) is 22.0 Å². The maximum atomic E-state index is 10.7. The molecule has 0 spiro atoms. The van der Waals surface area contributed by atoms with Gasteiger partial charge in [0, 0.05) is 30.0 Å². The third kappa shape index (κ3) is 4.11. The fourth-order valence-corrected chi connectivity index (χ4v) is 3.94. The molecule has 20 heavy (non-hydrogen) atoms. The number of rotatable bonds is 6. The molecule has 1 aromatic carbocycles. The Morgan fingerprint density at radius 1 is 1.50 bits per heavy atom. The first-order chi connectivity index (χ1) is 9.60. The van der Waals surface area contributed by atoms with Crippen molar-refractivity contribution in [2.24, 2.45) is 0 Å². The molecule has 0 bridgehead atoms. The molecule has 1 aliphatic rings. The summed E-state index contributed by atoms with van der Waals surface area (Å²) in [5.74, 6) is 1.17. The van der Waals surface area contributed by atoms with E-state index in [1.54, 1.807) is 6.07 Å². The Labute approximate surface area is 128 Å². The average molecular weight is 315 g/mol. The molecule has 1 fully saturated rings. The van der Waals surface area contributed by atoms with Crippen molar-refractivity contribution in [3.05, 3.63) is 38.9 Å². The Morgan fingerprint density at radius 2 is 2.30 bits per heavy atom. The Morgan fingerprint density at radius 3 is 2.95 bits per heavy atom. The summed E-state index contributed by atoms with van der Waals surface area (Å²) >= 11 is 8.12. The second-order valence-electron chi connectivity index (χ2n) is 5.00. The van der Waals surface area contributed by atoms with E-state index < -0.39 is 4.92 Å². The van der Waals surface area contributed by atoms with E-state index in [1.807, 2.05) is 11.8 Å². The van der Waals surface area contributed by atoms with Crippen LogP contribution in [0.3, 0.4) is 0 Å². The zero-order chi connectivity index (χ0) is 14.5. The van der Waals surface area contributed by atoms with E-state index >= 15 is 0 Å². The van der Waals surface area contributed by atoms with Crippen molar-refractivity contribution in [3.63, 3.8) is 0 Å². The Kier molecular flexibility index (Phi) is 5.69. The molecule has 0 aliphatic heterocycles. The molecule has 1 aliphatic carbocycles. The van der Waals surface area contributed by atoms with Crippen molar-refractivity contribution in [1.82, 2.24) is 5.32 Å². The van der Waals surface area contributed by atoms with E-state index in [0.29, 0.717) is 17.6 Å². The summed E-state index contributed by atoms with van der Waals surface area (Å²) in [5, 5.41) is 15.4. The van der Waals surface area contributed by atoms with Crippen LogP contribution >= 0.6 is 23.4 Å². The van der Waals surface area contributed by atoms with E-state index in [2.05, 4.69) is 12.2 Å². The highest BCUT2D eigenvalue weighted by Crippen LogP contribution is 2.30. The van der Waals surface area contributed by atoms with Crippen molar-refractivity contribution in [3.8, 4) is 0 Å². The topological polar surface area (TPSA) is 55.2 Å². The Balaban J connectivity index is 1.87. The van der Waals surface area contributed by atoms with Gasteiger partial charge >= 0.3 is 0 Å². The summed E-state index contributed by atoms with van der Waals surface area (Å²) in [5.41, 5.74) is 0.961. The molecule has 0 radical (unpaired) electrons. The third-order valence-electron chi connectivity index (χ3n) is 3.62. The van der Waals surface area contributed by atoms with E-state index in [1.165, 1.54) is 37.1 Å². The highest BCUT2D eigenvalue weighted by molar-refractivity contribution is 7.99. The van der Waals surface area contributed by atoms with Crippen LogP contribution in [0.15, 0.2) is 18.2 Å². The molecule has 110 valence electrons. The quantitative estimate of drug-likeness (QED) is 0.636. The summed E-state index contributed by atoms with van der Waals surface area (Å²) in [4.78, 5) is 10.2. The number of hydrogen-bond acceptors (Lipinski definition) is 4. The molecule has 1 saturated carbocycles. The van der Waals surface area contributed by atoms with E-state index in [9.17, 15) is 10.1 Å². The lowest BCUT2D eigenvalue weighted by Gasteiger charge is -2.13. The summed E-state index contributed by atoms with van der Waals surface area (Å²) in [6, 6.07) is 5.20. The first-order valence-corrected chi connectivity index (χ1v) is 8.30. The lowest BCUT2D eigenvalue weighted by atomic mass is 10.2. The molecule has 1 aromatic rings. The van der Waals surface area contributed by atoms with Gasteiger partial charge in [-0.1, -0.05) is 18.5 Å². The Hall–Kier alpha value is -0.780. The number of non-ortho nitro benzene ring substituents is 1. The molecule has 0 heterocycles. The zero-order valence-corrected chi connectivity index (χ0v) is 13.0. The second kappa shape index (κ2) is 7.29. The minimum atomic E-state index is -0.424. The second-order valence-corrected chi connectivity index (χ2v) is 6.99. The number of benzene rings is 1. The number of nitrogens with zero attached hydrogens (tertiary/aromatic N) is 1. The lowest BCUT2D eigenvalue weighted by Crippen LogP contribution is -2.26. The molecule has 2 atom stereocenters. The number of nitro benzene ring substituents is 1. The van der Waals surface area contributed by atoms with Gasteiger partial charge in [0.2, 0.25) is 0 Å². The van der Waals surface area contributed by atoms with Crippen molar-refractivity contribution in [2.45, 2.75) is 44.0 Å². The van der Waals surface area contributed by atoms with Crippen LogP contribution in [0, 0.1) is 10.1 Å². The number of thioether (sulfide) groups is 1. The first-order valence-electron chi connectivity index (χ1n) is 6.88. The van der Waals surface area contributed by atoms with Crippen molar-refractivity contribution in [1.29, 1.82) is 0 Å². The fraction of sp³-hybridized carbons (Fsp3) is 0.571. The van der Waals surface area contributed by atoms with Crippen LogP contribution in [0.2, 0.25) is 5.02 Å². The van der Waals surface area contributed by atoms with Gasteiger partial charge in [-0.2, -0.15) is 11.8 Å². The summed E-state index contributed by atoms with van der Waals surface area (Å²) in [6.07, 6.45) is 3.66. The molecule has 0 amide bonds. The molecule has 2 rings (SSSR count). The minimum Gasteiger partial charge on any atom is -0.310 e. The molecule has 0 saturated heterocycles. The average Bonchev–Trinajstić information content (AvgIpc) is 2.85. The summed E-state index contributed by atoms with van der Waals surface area (Å²) in [6.45, 7) is 2.87. The van der Waals surface area contributed by atoms with Gasteiger partial charge in [0.25, 0.3) is 5.69 Å². The van der Waals surface area contributed by atoms with Gasteiger partial charge in [0.15, 0.2) is 0 Å². The lowest BCUT2D eigenvalue weighted by molar-refractivity contribution is -0.384. The standard InChI is InChI=1S/C14H19ClN2O2S/c1-2-20-13-6-4-11(7-13)16-9-10-3-5-12(17(18)19)8-14(10)15/h3,5,8,11,13,16H,2,4,6-7,9H2,1H3. The van der Waals surface area contributed by atoms with E-state index in [4.69, 9.17) is 11.6 Å². The van der Waals surface area contributed by atoms with Crippen LogP contribution in [-0.2, 0) is 6.54 Å². The summed E-state index contributed by atoms with van der Waals surface area (Å²) < 4.78 is 0. The third-order valence-corrected chi connectivity index (χ3v) is 5.20. The Bertz CT molecular complexity index is 484. The van der Waals surface area contributed by atoms with Crippen molar-refractivity contribution < 1.29 is 4.92 Å². The molecule has 4 nitrogen and oxygen atoms in total. The van der Waals surface area contributed by atoms with Gasteiger partial charge in [0.05, 0.1) is 9.95 Å². The van der Waals surface area contributed by atoms with Crippen molar-refractivity contribution >= 4 is 29.1 Å². The molecule has 2 unspecified atom stereocenters. The van der Waals surface area contributed by atoms with E-state index in [0.717, 1.165) is 10.8 Å². The smallest absolute Gasteiger partial charge is 0.270 e. The molecular weight excluding hydrogens is 296 g/mol. The van der Waals surface area contributed by atoms with Crippen LogP contribution in [0.1, 0.15) is 31.7 Å². The van der Waals surface area contributed by atoms with Crippen molar-refractivity contribution in [2.75, 3.05) is 5.75 Å². The summed E-state index contributed by atoms with van der Waals surface area (Å²) in [7, 11) is 0. The monoisotopic (exact) mass is 314 g/mol. The number of nitrogens with one attached hydrogen (secondary N) is 1. The molecule has 0 aromatic heterocycles. The molecule has 6 heteroatoms. The van der Waals surface area contributed by atoms with Crippen LogP contribution < -0.4 is 5.32 Å². The van der Waals surface area contributed by atoms with Gasteiger partial charge in [-0.15, -0.1) is 0 Å². The predicted octanol–water partition coefficient (Wildman–Crippen LogP) is 4.01. The first kappa shape index (κ1) is 15.6. The van der Waals surface area contributed by atoms with Gasteiger partial charge in [-0.05, 0) is 36.6 Å². The van der Waals surface area contributed by atoms with Crippen LogP contribution in [0.25, 0.3) is 0 Å². The van der Waals surface area contributed by atoms with Gasteiger partial charge in [-0.25, -0.2) is 0 Å². The number of nitro groups is 1. The normalized spacial score (nSPS) is 22.1. The highest BCUT2D eigenvalue weighted by atomic mass is 35.5. The molecular formula is C14H19ClN2O2S. The van der Waals surface area contributed by atoms with Crippen LogP contribution in [0.4, 0.5) is 5.69 Å².